The quantitative estimate of drug-likeness (QED) is 0.746. The highest BCUT2D eigenvalue weighted by Crippen LogP contribution is 2.14. The van der Waals surface area contributed by atoms with Gasteiger partial charge in [0, 0.05) is 19.2 Å². The van der Waals surface area contributed by atoms with Crippen molar-refractivity contribution in [3.05, 3.63) is 12.4 Å². The van der Waals surface area contributed by atoms with E-state index in [9.17, 15) is 0 Å². The maximum absolute atomic E-state index is 8.81. The summed E-state index contributed by atoms with van der Waals surface area (Å²) in [5, 5.41) is 8.81. The van der Waals surface area contributed by atoms with Gasteiger partial charge < -0.3 is 15.7 Å². The largest absolute Gasteiger partial charge is 0.396 e. The Morgan fingerprint density at radius 3 is 2.73 bits per heavy atom. The van der Waals surface area contributed by atoms with Gasteiger partial charge in [-0.05, 0) is 20.3 Å². The molecule has 0 aliphatic heterocycles. The third kappa shape index (κ3) is 3.36. The average Bonchev–Trinajstić information content (AvgIpc) is 2.18. The smallest absolute Gasteiger partial charge is 0.149 e. The van der Waals surface area contributed by atoms with Crippen molar-refractivity contribution in [2.75, 3.05) is 23.8 Å². The van der Waals surface area contributed by atoms with E-state index in [4.69, 9.17) is 10.8 Å². The highest BCUT2D eigenvalue weighted by molar-refractivity contribution is 5.42. The molecule has 0 bridgehead atoms. The second-order valence-electron chi connectivity index (χ2n) is 3.67. The van der Waals surface area contributed by atoms with E-state index in [1.165, 1.54) is 6.20 Å². The van der Waals surface area contributed by atoms with Crippen molar-refractivity contribution in [1.82, 2.24) is 9.97 Å². The van der Waals surface area contributed by atoms with Gasteiger partial charge in [0.05, 0.1) is 12.4 Å². The lowest BCUT2D eigenvalue weighted by atomic mass is 10.3. The van der Waals surface area contributed by atoms with Gasteiger partial charge in [0.1, 0.15) is 11.6 Å². The molecule has 0 fully saturated rings. The topological polar surface area (TPSA) is 75.3 Å². The third-order valence-electron chi connectivity index (χ3n) is 2.12. The van der Waals surface area contributed by atoms with Crippen molar-refractivity contribution in [3.63, 3.8) is 0 Å². The number of aromatic nitrogens is 2. The Hall–Kier alpha value is -1.36. The lowest BCUT2D eigenvalue weighted by Gasteiger charge is -2.27. The van der Waals surface area contributed by atoms with E-state index in [1.807, 2.05) is 0 Å². The Bertz CT molecular complexity index is 303. The van der Waals surface area contributed by atoms with E-state index in [2.05, 4.69) is 28.7 Å². The molecule has 0 aliphatic rings. The first-order chi connectivity index (χ1) is 7.15. The van der Waals surface area contributed by atoms with Crippen LogP contribution in [-0.2, 0) is 0 Å². The summed E-state index contributed by atoms with van der Waals surface area (Å²) in [7, 11) is 0. The van der Waals surface area contributed by atoms with Crippen LogP contribution < -0.4 is 10.6 Å². The molecule has 0 spiro atoms. The zero-order chi connectivity index (χ0) is 11.3. The van der Waals surface area contributed by atoms with Crippen molar-refractivity contribution in [2.24, 2.45) is 0 Å². The molecule has 0 aromatic carbocycles. The Labute approximate surface area is 90.0 Å². The molecule has 0 radical (unpaired) electrons. The van der Waals surface area contributed by atoms with E-state index in [0.29, 0.717) is 18.3 Å². The second kappa shape index (κ2) is 5.50. The van der Waals surface area contributed by atoms with E-state index in [1.54, 1.807) is 6.20 Å². The maximum atomic E-state index is 8.81. The Morgan fingerprint density at radius 2 is 2.20 bits per heavy atom. The van der Waals surface area contributed by atoms with Gasteiger partial charge in [0.2, 0.25) is 0 Å². The van der Waals surface area contributed by atoms with Crippen LogP contribution in [0.1, 0.15) is 20.3 Å². The van der Waals surface area contributed by atoms with Gasteiger partial charge in [-0.1, -0.05) is 0 Å². The van der Waals surface area contributed by atoms with Crippen molar-refractivity contribution in [2.45, 2.75) is 26.3 Å². The zero-order valence-corrected chi connectivity index (χ0v) is 9.22. The van der Waals surface area contributed by atoms with Crippen LogP contribution in [0.4, 0.5) is 11.6 Å². The van der Waals surface area contributed by atoms with Crippen LogP contribution in [0.5, 0.6) is 0 Å². The number of aliphatic hydroxyl groups is 1. The first-order valence-electron chi connectivity index (χ1n) is 5.10. The fourth-order valence-electron chi connectivity index (χ4n) is 1.39. The van der Waals surface area contributed by atoms with Gasteiger partial charge in [0.15, 0.2) is 0 Å². The molecular formula is C10H18N4O. The van der Waals surface area contributed by atoms with Crippen molar-refractivity contribution >= 4 is 11.6 Å². The predicted octanol–water partition coefficient (Wildman–Crippen LogP) is 0.656. The van der Waals surface area contributed by atoms with Gasteiger partial charge in [-0.25, -0.2) is 4.98 Å². The minimum absolute atomic E-state index is 0.180. The summed E-state index contributed by atoms with van der Waals surface area (Å²) in [6.45, 7) is 5.08. The number of aliphatic hydroxyl groups excluding tert-OH is 1. The molecule has 1 rings (SSSR count). The molecule has 1 aromatic heterocycles. The van der Waals surface area contributed by atoms with Crippen molar-refractivity contribution in [1.29, 1.82) is 0 Å². The summed E-state index contributed by atoms with van der Waals surface area (Å²) in [6.07, 6.45) is 3.93. The molecule has 0 saturated heterocycles. The summed E-state index contributed by atoms with van der Waals surface area (Å²) in [6, 6.07) is 0.313. The number of nitrogens with two attached hydrogens (primary N) is 1. The lowest BCUT2D eigenvalue weighted by Crippen LogP contribution is -2.33. The number of nitrogens with zero attached hydrogens (tertiary/aromatic N) is 3. The molecule has 1 aromatic rings. The Morgan fingerprint density at radius 1 is 1.47 bits per heavy atom. The summed E-state index contributed by atoms with van der Waals surface area (Å²) in [5.41, 5.74) is 5.58. The Kier molecular flexibility index (Phi) is 4.30. The van der Waals surface area contributed by atoms with E-state index in [0.717, 1.165) is 12.4 Å². The van der Waals surface area contributed by atoms with Gasteiger partial charge in [-0.15, -0.1) is 0 Å². The minimum Gasteiger partial charge on any atom is -0.396 e. The van der Waals surface area contributed by atoms with Gasteiger partial charge >= 0.3 is 0 Å². The van der Waals surface area contributed by atoms with Crippen molar-refractivity contribution < 1.29 is 5.11 Å². The van der Waals surface area contributed by atoms with Gasteiger partial charge in [-0.2, -0.15) is 0 Å². The number of hydrogen-bond donors (Lipinski definition) is 2. The predicted molar refractivity (Wildman–Crippen MR) is 60.6 cm³/mol. The Balaban J connectivity index is 2.79. The van der Waals surface area contributed by atoms with E-state index >= 15 is 0 Å². The highest BCUT2D eigenvalue weighted by Gasteiger charge is 2.11. The van der Waals surface area contributed by atoms with Crippen molar-refractivity contribution in [3.8, 4) is 0 Å². The molecule has 0 atom stereocenters. The molecule has 0 aliphatic carbocycles. The molecule has 3 N–H and O–H groups in total. The molecular weight excluding hydrogens is 192 g/mol. The molecule has 0 saturated carbocycles. The molecule has 15 heavy (non-hydrogen) atoms. The fraction of sp³-hybridized carbons (Fsp3) is 0.600. The molecule has 5 heteroatoms. The summed E-state index contributed by atoms with van der Waals surface area (Å²) >= 11 is 0. The summed E-state index contributed by atoms with van der Waals surface area (Å²) in [5.74, 6) is 1.18. The minimum atomic E-state index is 0.180. The third-order valence-corrected chi connectivity index (χ3v) is 2.12. The number of anilines is 2. The fourth-order valence-corrected chi connectivity index (χ4v) is 1.39. The van der Waals surface area contributed by atoms with Crippen LogP contribution in [-0.4, -0.2) is 34.3 Å². The SMILES string of the molecule is CC(C)N(CCCO)c1cncc(N)n1. The second-order valence-corrected chi connectivity index (χ2v) is 3.67. The average molecular weight is 210 g/mol. The standard InChI is InChI=1S/C10H18N4O/c1-8(2)14(4-3-5-15)10-7-12-6-9(11)13-10/h6-8,15H,3-5H2,1-2H3,(H2,11,13). The number of nitrogen functional groups attached to an aromatic ring is 1. The van der Waals surface area contributed by atoms with Crippen LogP contribution in [0.2, 0.25) is 0 Å². The van der Waals surface area contributed by atoms with Crippen LogP contribution >= 0.6 is 0 Å². The van der Waals surface area contributed by atoms with Crippen LogP contribution in [0, 0.1) is 0 Å². The first-order valence-corrected chi connectivity index (χ1v) is 5.10. The van der Waals surface area contributed by atoms with Gasteiger partial charge in [-0.3, -0.25) is 4.98 Å². The normalized spacial score (nSPS) is 10.7. The van der Waals surface area contributed by atoms with Crippen LogP contribution in [0.15, 0.2) is 12.4 Å². The van der Waals surface area contributed by atoms with Crippen LogP contribution in [0.25, 0.3) is 0 Å². The summed E-state index contributed by atoms with van der Waals surface area (Å²) in [4.78, 5) is 10.3. The first kappa shape index (κ1) is 11.7. The van der Waals surface area contributed by atoms with E-state index in [-0.39, 0.29) is 6.61 Å². The molecule has 0 unspecified atom stereocenters. The monoisotopic (exact) mass is 210 g/mol. The highest BCUT2D eigenvalue weighted by atomic mass is 16.3. The molecule has 84 valence electrons. The van der Waals surface area contributed by atoms with Gasteiger partial charge in [0.25, 0.3) is 0 Å². The lowest BCUT2D eigenvalue weighted by molar-refractivity contribution is 0.288. The van der Waals surface area contributed by atoms with E-state index < -0.39 is 0 Å². The number of rotatable bonds is 5. The number of hydrogen-bond acceptors (Lipinski definition) is 5. The summed E-state index contributed by atoms with van der Waals surface area (Å²) < 4.78 is 0. The zero-order valence-electron chi connectivity index (χ0n) is 9.22. The van der Waals surface area contributed by atoms with Crippen LogP contribution in [0.3, 0.4) is 0 Å². The molecule has 1 heterocycles. The molecule has 0 amide bonds. The maximum Gasteiger partial charge on any atom is 0.149 e. The molecule has 5 nitrogen and oxygen atoms in total.